The molecule has 1 aliphatic rings. The summed E-state index contributed by atoms with van der Waals surface area (Å²) in [6.45, 7) is 0. The number of sulfonamides is 1. The summed E-state index contributed by atoms with van der Waals surface area (Å²) >= 11 is 3.35. The van der Waals surface area contributed by atoms with Crippen molar-refractivity contribution in [2.24, 2.45) is 5.92 Å². The predicted molar refractivity (Wildman–Crippen MR) is 107 cm³/mol. The van der Waals surface area contributed by atoms with Gasteiger partial charge in [0.05, 0.1) is 0 Å². The van der Waals surface area contributed by atoms with Crippen LogP contribution in [-0.4, -0.2) is 25.5 Å². The third-order valence-corrected chi connectivity index (χ3v) is 5.97. The summed E-state index contributed by atoms with van der Waals surface area (Å²) in [5.41, 5.74) is 0.826. The van der Waals surface area contributed by atoms with Gasteiger partial charge in [0.15, 0.2) is 0 Å². The van der Waals surface area contributed by atoms with Crippen molar-refractivity contribution in [3.05, 3.63) is 51.9 Å². The van der Waals surface area contributed by atoms with E-state index in [2.05, 4.69) is 26.7 Å². The van der Waals surface area contributed by atoms with Crippen LogP contribution < -0.4 is 4.72 Å². The molecule has 0 spiro atoms. The van der Waals surface area contributed by atoms with Gasteiger partial charge in [0.25, 0.3) is 0 Å². The lowest BCUT2D eigenvalue weighted by atomic mass is 10.1. The Bertz CT molecular complexity index is 756. The summed E-state index contributed by atoms with van der Waals surface area (Å²) in [7, 11) is -3.47. The number of nitrogens with one attached hydrogen (secondary N) is 1. The molecule has 0 bridgehead atoms. The van der Waals surface area contributed by atoms with Crippen molar-refractivity contribution in [1.29, 1.82) is 0 Å². The summed E-state index contributed by atoms with van der Waals surface area (Å²) in [5, 5.41) is 9.81. The molecular weight excluding hydrogens is 418 g/mol. The van der Waals surface area contributed by atoms with E-state index in [9.17, 15) is 13.2 Å². The molecule has 1 saturated carbocycles. The zero-order chi connectivity index (χ0) is 19.0. The van der Waals surface area contributed by atoms with Gasteiger partial charge in [0, 0.05) is 22.3 Å². The molecule has 2 atom stereocenters. The zero-order valence-corrected chi connectivity index (χ0v) is 16.9. The molecule has 2 N–H and O–H groups in total. The van der Waals surface area contributed by atoms with Crippen LogP contribution in [0.3, 0.4) is 0 Å². The first-order chi connectivity index (χ1) is 12.3. The van der Waals surface area contributed by atoms with Gasteiger partial charge in [0.2, 0.25) is 10.0 Å². The molecule has 0 aromatic heterocycles. The SMILES string of the molecule is O=C(O)CCCC=CC1CCC(NS(=O)(=O)C=Cc2ccc(Br)cc2)C1. The maximum Gasteiger partial charge on any atom is 0.303 e. The number of unbranched alkanes of at least 4 members (excludes halogenated alkanes) is 1. The molecule has 0 aliphatic heterocycles. The van der Waals surface area contributed by atoms with Crippen LogP contribution in [0.15, 0.2) is 46.3 Å². The normalized spacial score (nSPS) is 21.0. The van der Waals surface area contributed by atoms with Crippen molar-refractivity contribution >= 4 is 38.0 Å². The molecule has 1 aromatic rings. The second kappa shape index (κ2) is 10.0. The van der Waals surface area contributed by atoms with E-state index < -0.39 is 16.0 Å². The van der Waals surface area contributed by atoms with Gasteiger partial charge in [-0.25, -0.2) is 13.1 Å². The first-order valence-electron chi connectivity index (χ1n) is 8.68. The molecule has 0 saturated heterocycles. The first-order valence-corrected chi connectivity index (χ1v) is 11.0. The standard InChI is InChI=1S/C19H24BrNO4S/c20-17-9-6-15(7-10-17)12-13-26(24,25)21-18-11-8-16(14-18)4-2-1-3-5-19(22)23/h2,4,6-7,9-10,12-13,16,18,21H,1,3,5,8,11,14H2,(H,22,23). The molecule has 7 heteroatoms. The number of carbonyl (C=O) groups is 1. The number of rotatable bonds is 9. The third kappa shape index (κ3) is 7.85. The van der Waals surface area contributed by atoms with E-state index in [1.54, 1.807) is 6.08 Å². The van der Waals surface area contributed by atoms with Gasteiger partial charge in [-0.2, -0.15) is 0 Å². The molecule has 5 nitrogen and oxygen atoms in total. The number of hydrogen-bond acceptors (Lipinski definition) is 3. The summed E-state index contributed by atoms with van der Waals surface area (Å²) < 4.78 is 28.1. The van der Waals surface area contributed by atoms with Crippen LogP contribution in [0.25, 0.3) is 6.08 Å². The number of allylic oxidation sites excluding steroid dienone is 2. The fourth-order valence-electron chi connectivity index (χ4n) is 2.97. The average Bonchev–Trinajstić information content (AvgIpc) is 3.00. The van der Waals surface area contributed by atoms with E-state index in [0.717, 1.165) is 35.7 Å². The van der Waals surface area contributed by atoms with E-state index in [0.29, 0.717) is 12.3 Å². The molecular formula is C19H24BrNO4S. The highest BCUT2D eigenvalue weighted by atomic mass is 79.9. The van der Waals surface area contributed by atoms with Gasteiger partial charge in [-0.05, 0) is 61.8 Å². The number of aliphatic carboxylic acids is 1. The monoisotopic (exact) mass is 441 g/mol. The van der Waals surface area contributed by atoms with Crippen LogP contribution in [-0.2, 0) is 14.8 Å². The number of halogens is 1. The second-order valence-electron chi connectivity index (χ2n) is 6.50. The number of carboxylic acid groups (broad SMARTS) is 1. The Labute approximate surface area is 163 Å². The minimum absolute atomic E-state index is 0.0526. The van der Waals surface area contributed by atoms with Crippen LogP contribution in [0, 0.1) is 5.92 Å². The van der Waals surface area contributed by atoms with Crippen molar-refractivity contribution in [1.82, 2.24) is 4.72 Å². The zero-order valence-electron chi connectivity index (χ0n) is 14.5. The molecule has 0 amide bonds. The second-order valence-corrected chi connectivity index (χ2v) is 9.01. The van der Waals surface area contributed by atoms with Crippen molar-refractivity contribution in [3.63, 3.8) is 0 Å². The quantitative estimate of drug-likeness (QED) is 0.441. The topological polar surface area (TPSA) is 83.5 Å². The Kier molecular flexibility index (Phi) is 8.06. The Morgan fingerprint density at radius 1 is 1.27 bits per heavy atom. The molecule has 142 valence electrons. The van der Waals surface area contributed by atoms with Crippen LogP contribution in [0.4, 0.5) is 0 Å². The third-order valence-electron chi connectivity index (χ3n) is 4.28. The van der Waals surface area contributed by atoms with Crippen LogP contribution in [0.2, 0.25) is 0 Å². The highest BCUT2D eigenvalue weighted by Gasteiger charge is 2.25. The largest absolute Gasteiger partial charge is 0.481 e. The van der Waals surface area contributed by atoms with E-state index in [4.69, 9.17) is 5.11 Å². The molecule has 0 radical (unpaired) electrons. The molecule has 1 aromatic carbocycles. The lowest BCUT2D eigenvalue weighted by Gasteiger charge is -2.10. The van der Waals surface area contributed by atoms with Gasteiger partial charge in [-0.1, -0.05) is 40.2 Å². The van der Waals surface area contributed by atoms with E-state index >= 15 is 0 Å². The molecule has 1 aliphatic carbocycles. The maximum atomic E-state index is 12.2. The summed E-state index contributed by atoms with van der Waals surface area (Å²) in [4.78, 5) is 10.5. The highest BCUT2D eigenvalue weighted by molar-refractivity contribution is 9.10. The smallest absolute Gasteiger partial charge is 0.303 e. The van der Waals surface area contributed by atoms with Gasteiger partial charge in [0.1, 0.15) is 0 Å². The first kappa shape index (κ1) is 20.9. The van der Waals surface area contributed by atoms with Crippen LogP contribution >= 0.6 is 15.9 Å². The predicted octanol–water partition coefficient (Wildman–Crippen LogP) is 4.32. The molecule has 26 heavy (non-hydrogen) atoms. The Hall–Kier alpha value is -1.44. The maximum absolute atomic E-state index is 12.2. The number of benzene rings is 1. The Balaban J connectivity index is 1.78. The van der Waals surface area contributed by atoms with Gasteiger partial charge in [-0.15, -0.1) is 0 Å². The van der Waals surface area contributed by atoms with E-state index in [1.807, 2.05) is 30.3 Å². The molecule has 0 heterocycles. The molecule has 2 unspecified atom stereocenters. The lowest BCUT2D eigenvalue weighted by molar-refractivity contribution is -0.137. The minimum atomic E-state index is -3.47. The van der Waals surface area contributed by atoms with Crippen molar-refractivity contribution in [3.8, 4) is 0 Å². The lowest BCUT2D eigenvalue weighted by Crippen LogP contribution is -2.31. The van der Waals surface area contributed by atoms with Gasteiger partial charge in [-0.3, -0.25) is 4.79 Å². The van der Waals surface area contributed by atoms with Gasteiger partial charge >= 0.3 is 5.97 Å². The highest BCUT2D eigenvalue weighted by Crippen LogP contribution is 2.27. The number of hydrogen-bond donors (Lipinski definition) is 2. The van der Waals surface area contributed by atoms with Crippen molar-refractivity contribution in [2.75, 3.05) is 0 Å². The summed E-state index contributed by atoms with van der Waals surface area (Å²) in [6.07, 6.45) is 9.79. The van der Waals surface area contributed by atoms with E-state index in [1.165, 1.54) is 5.41 Å². The van der Waals surface area contributed by atoms with E-state index in [-0.39, 0.29) is 12.5 Å². The molecule has 1 fully saturated rings. The van der Waals surface area contributed by atoms with Gasteiger partial charge < -0.3 is 5.11 Å². The summed E-state index contributed by atoms with van der Waals surface area (Å²) in [6, 6.07) is 7.37. The summed E-state index contributed by atoms with van der Waals surface area (Å²) in [5.74, 6) is -0.423. The van der Waals surface area contributed by atoms with Crippen molar-refractivity contribution in [2.45, 2.75) is 44.6 Å². The Morgan fingerprint density at radius 3 is 2.69 bits per heavy atom. The minimum Gasteiger partial charge on any atom is -0.481 e. The van der Waals surface area contributed by atoms with Crippen molar-refractivity contribution < 1.29 is 18.3 Å². The number of carboxylic acids is 1. The fraction of sp³-hybridized carbons (Fsp3) is 0.421. The average molecular weight is 442 g/mol. The fourth-order valence-corrected chi connectivity index (χ4v) is 4.33. The van der Waals surface area contributed by atoms with Crippen LogP contribution in [0.1, 0.15) is 44.1 Å². The van der Waals surface area contributed by atoms with Crippen LogP contribution in [0.5, 0.6) is 0 Å². The Morgan fingerprint density at radius 2 is 2.00 bits per heavy atom. The molecule has 2 rings (SSSR count).